The van der Waals surface area contributed by atoms with Crippen LogP contribution in [0.3, 0.4) is 0 Å². The van der Waals surface area contributed by atoms with E-state index in [1.165, 1.54) is 6.92 Å². The number of aliphatic carboxylic acids is 1. The van der Waals surface area contributed by atoms with Crippen LogP contribution < -0.4 is 11.1 Å². The second-order valence-electron chi connectivity index (χ2n) is 5.61. The monoisotopic (exact) mass is 419 g/mol. The van der Waals surface area contributed by atoms with Gasteiger partial charge in [0.05, 0.1) is 6.61 Å². The van der Waals surface area contributed by atoms with Crippen molar-refractivity contribution < 1.29 is 38.6 Å². The number of carbonyl (C=O) groups is 6. The van der Waals surface area contributed by atoms with Crippen LogP contribution in [0.25, 0.3) is 0 Å². The maximum atomic E-state index is 12.5. The molecule has 3 amide bonds. The second kappa shape index (κ2) is 12.8. The van der Waals surface area contributed by atoms with Gasteiger partial charge in [-0.25, -0.2) is 0 Å². The Kier molecular flexibility index (Phi) is 11.7. The van der Waals surface area contributed by atoms with Crippen LogP contribution in [0.15, 0.2) is 0 Å². The molecule has 0 aliphatic rings. The molecule has 2 unspecified atom stereocenters. The van der Waals surface area contributed by atoms with E-state index in [9.17, 15) is 28.8 Å². The summed E-state index contributed by atoms with van der Waals surface area (Å²) in [6, 6.07) is -2.47. The zero-order chi connectivity index (χ0) is 21.9. The molecule has 0 fully saturated rings. The van der Waals surface area contributed by atoms with Gasteiger partial charge in [0.15, 0.2) is 5.12 Å². The van der Waals surface area contributed by atoms with Crippen molar-refractivity contribution in [2.24, 2.45) is 5.73 Å². The van der Waals surface area contributed by atoms with Crippen molar-refractivity contribution in [1.82, 2.24) is 10.2 Å². The molecule has 0 aliphatic carbocycles. The van der Waals surface area contributed by atoms with Crippen LogP contribution in [0.5, 0.6) is 0 Å². The minimum Gasteiger partial charge on any atom is -0.480 e. The maximum Gasteiger partial charge on any atom is 0.322 e. The first kappa shape index (κ1) is 25.5. The Labute approximate surface area is 166 Å². The van der Waals surface area contributed by atoms with Crippen LogP contribution in [0.4, 0.5) is 0 Å². The number of carboxylic acid groups (broad SMARTS) is 1. The Balaban J connectivity index is 5.30. The molecule has 28 heavy (non-hydrogen) atoms. The summed E-state index contributed by atoms with van der Waals surface area (Å²) >= 11 is 0.709. The van der Waals surface area contributed by atoms with Crippen molar-refractivity contribution in [3.63, 3.8) is 0 Å². The van der Waals surface area contributed by atoms with E-state index in [4.69, 9.17) is 15.6 Å². The summed E-state index contributed by atoms with van der Waals surface area (Å²) in [6.07, 6.45) is -0.447. The molecule has 4 N–H and O–H groups in total. The Morgan fingerprint density at radius 1 is 1.18 bits per heavy atom. The Hall–Kier alpha value is -2.47. The number of ether oxygens (including phenoxy) is 1. The van der Waals surface area contributed by atoms with Gasteiger partial charge in [-0.15, -0.1) is 0 Å². The molecule has 0 aromatic rings. The Morgan fingerprint density at radius 2 is 1.79 bits per heavy atom. The fraction of sp³-hybridized carbons (Fsp3) is 0.625. The van der Waals surface area contributed by atoms with Crippen LogP contribution in [0, 0.1) is 0 Å². The molecular weight excluding hydrogens is 394 g/mol. The van der Waals surface area contributed by atoms with Gasteiger partial charge in [-0.05, 0) is 13.3 Å². The number of hydrogen-bond donors (Lipinski definition) is 3. The molecule has 0 aromatic carbocycles. The molecule has 0 aromatic heterocycles. The first-order chi connectivity index (χ1) is 13.0. The van der Waals surface area contributed by atoms with E-state index in [2.05, 4.69) is 5.32 Å². The number of carboxylic acids is 1. The summed E-state index contributed by atoms with van der Waals surface area (Å²) < 4.78 is 4.73. The molecular formula is C16H25N3O8S. The lowest BCUT2D eigenvalue weighted by atomic mass is 10.1. The summed E-state index contributed by atoms with van der Waals surface area (Å²) in [6.45, 7) is 3.30. The van der Waals surface area contributed by atoms with Crippen LogP contribution in [0.2, 0.25) is 0 Å². The highest BCUT2D eigenvalue weighted by Gasteiger charge is 2.33. The van der Waals surface area contributed by atoms with Gasteiger partial charge in [-0.3, -0.25) is 33.7 Å². The second-order valence-corrected chi connectivity index (χ2v) is 6.81. The number of amides is 3. The first-order valence-electron chi connectivity index (χ1n) is 8.38. The standard InChI is InChI=1S/C16H25N3O8S/c1-4-27-16(26)11(17)5-6-13(22)19(9(2)20)12(8-28-10(3)21)15(25)18-7-14(23)24/h11-12H,4-8,17H2,1-3H3,(H,18,25)(H,23,24). The van der Waals surface area contributed by atoms with Gasteiger partial charge in [0.1, 0.15) is 18.6 Å². The number of nitrogens with zero attached hydrogens (tertiary/aromatic N) is 1. The van der Waals surface area contributed by atoms with E-state index >= 15 is 0 Å². The summed E-state index contributed by atoms with van der Waals surface area (Å²) in [5, 5.41) is 10.4. The summed E-state index contributed by atoms with van der Waals surface area (Å²) in [5.74, 6) is -4.70. The van der Waals surface area contributed by atoms with Gasteiger partial charge in [0, 0.05) is 26.0 Å². The lowest BCUT2D eigenvalue weighted by Crippen LogP contribution is -2.54. The van der Waals surface area contributed by atoms with Crippen LogP contribution in [-0.2, 0) is 33.5 Å². The van der Waals surface area contributed by atoms with E-state index in [0.717, 1.165) is 6.92 Å². The third-order valence-corrected chi connectivity index (χ3v) is 4.23. The third-order valence-electron chi connectivity index (χ3n) is 3.34. The van der Waals surface area contributed by atoms with E-state index in [0.29, 0.717) is 16.7 Å². The summed E-state index contributed by atoms with van der Waals surface area (Å²) in [5.41, 5.74) is 5.62. The fourth-order valence-electron chi connectivity index (χ4n) is 2.08. The smallest absolute Gasteiger partial charge is 0.322 e. The predicted molar refractivity (Wildman–Crippen MR) is 98.9 cm³/mol. The van der Waals surface area contributed by atoms with Crippen molar-refractivity contribution in [3.8, 4) is 0 Å². The van der Waals surface area contributed by atoms with Gasteiger partial charge >= 0.3 is 11.9 Å². The highest BCUT2D eigenvalue weighted by Crippen LogP contribution is 2.14. The van der Waals surface area contributed by atoms with E-state index in [1.54, 1.807) is 6.92 Å². The van der Waals surface area contributed by atoms with Gasteiger partial charge in [0.25, 0.3) is 0 Å². The van der Waals surface area contributed by atoms with Crippen molar-refractivity contribution in [3.05, 3.63) is 0 Å². The number of thioether (sulfide) groups is 1. The number of esters is 1. The van der Waals surface area contributed by atoms with Crippen molar-refractivity contribution >= 4 is 46.5 Å². The number of rotatable bonds is 11. The van der Waals surface area contributed by atoms with Gasteiger partial charge in [-0.2, -0.15) is 0 Å². The average molecular weight is 419 g/mol. The fourth-order valence-corrected chi connectivity index (χ4v) is 2.77. The molecule has 0 bridgehead atoms. The van der Waals surface area contributed by atoms with Crippen molar-refractivity contribution in [1.29, 1.82) is 0 Å². The van der Waals surface area contributed by atoms with Gasteiger partial charge < -0.3 is 20.9 Å². The molecule has 11 nitrogen and oxygen atoms in total. The molecule has 2 atom stereocenters. The number of nitrogens with two attached hydrogens (primary N) is 1. The number of hydrogen-bond acceptors (Lipinski definition) is 9. The summed E-state index contributed by atoms with van der Waals surface area (Å²) in [7, 11) is 0. The molecule has 12 heteroatoms. The Bertz CT molecular complexity index is 625. The molecule has 0 rings (SSSR count). The zero-order valence-electron chi connectivity index (χ0n) is 15.9. The zero-order valence-corrected chi connectivity index (χ0v) is 16.7. The quantitative estimate of drug-likeness (QED) is 0.348. The lowest BCUT2D eigenvalue weighted by molar-refractivity contribution is -0.150. The number of imide groups is 1. The van der Waals surface area contributed by atoms with E-state index in [-0.39, 0.29) is 30.3 Å². The van der Waals surface area contributed by atoms with E-state index in [1.807, 2.05) is 0 Å². The number of carbonyl (C=O) groups excluding carboxylic acids is 5. The van der Waals surface area contributed by atoms with Crippen LogP contribution in [-0.4, -0.2) is 75.8 Å². The minimum atomic E-state index is -1.39. The molecule has 0 spiro atoms. The highest BCUT2D eigenvalue weighted by atomic mass is 32.2. The summed E-state index contributed by atoms with van der Waals surface area (Å²) in [4.78, 5) is 70.8. The van der Waals surface area contributed by atoms with Crippen molar-refractivity contribution in [2.45, 2.75) is 45.7 Å². The SMILES string of the molecule is CCOC(=O)C(N)CCC(=O)N(C(C)=O)C(CSC(C)=O)C(=O)NCC(=O)O. The topological polar surface area (TPSA) is 173 Å². The predicted octanol–water partition coefficient (Wildman–Crippen LogP) is -1.12. The van der Waals surface area contributed by atoms with E-state index < -0.39 is 48.3 Å². The van der Waals surface area contributed by atoms with Gasteiger partial charge in [0.2, 0.25) is 17.7 Å². The average Bonchev–Trinajstić information content (AvgIpc) is 2.60. The molecule has 158 valence electrons. The van der Waals surface area contributed by atoms with Crippen LogP contribution >= 0.6 is 11.8 Å². The van der Waals surface area contributed by atoms with Crippen molar-refractivity contribution in [2.75, 3.05) is 18.9 Å². The van der Waals surface area contributed by atoms with Gasteiger partial charge in [-0.1, -0.05) is 11.8 Å². The minimum absolute atomic E-state index is 0.119. The first-order valence-corrected chi connectivity index (χ1v) is 9.37. The largest absolute Gasteiger partial charge is 0.480 e. The molecule has 0 saturated heterocycles. The Morgan fingerprint density at radius 3 is 2.25 bits per heavy atom. The lowest BCUT2D eigenvalue weighted by Gasteiger charge is -2.28. The number of nitrogens with one attached hydrogen (secondary N) is 1. The molecule has 0 radical (unpaired) electrons. The maximum absolute atomic E-state index is 12.5. The highest BCUT2D eigenvalue weighted by molar-refractivity contribution is 8.13. The third kappa shape index (κ3) is 9.46. The molecule has 0 heterocycles. The molecule has 0 aliphatic heterocycles. The molecule has 0 saturated carbocycles. The van der Waals surface area contributed by atoms with Crippen LogP contribution in [0.1, 0.15) is 33.6 Å². The normalized spacial score (nSPS) is 12.4.